The second kappa shape index (κ2) is 8.37. The van der Waals surface area contributed by atoms with Crippen LogP contribution in [0.1, 0.15) is 43.8 Å². The van der Waals surface area contributed by atoms with Gasteiger partial charge in [0.1, 0.15) is 18.2 Å². The van der Waals surface area contributed by atoms with Crippen molar-refractivity contribution >= 4 is 13.5 Å². The highest BCUT2D eigenvalue weighted by Crippen LogP contribution is 2.51. The molecule has 120 valence electrons. The molecule has 1 aromatic rings. The molecule has 1 heterocycles. The van der Waals surface area contributed by atoms with E-state index in [9.17, 15) is 9.36 Å². The van der Waals surface area contributed by atoms with Gasteiger partial charge in [0, 0.05) is 13.1 Å². The van der Waals surface area contributed by atoms with Crippen LogP contribution < -0.4 is 0 Å². The summed E-state index contributed by atoms with van der Waals surface area (Å²) in [6, 6.07) is 1.60. The molecule has 7 heteroatoms. The Kier molecular flexibility index (Phi) is 7.15. The minimum atomic E-state index is -3.21. The number of nitrogens with zero attached hydrogens (tertiary/aromatic N) is 1. The second-order valence-electron chi connectivity index (χ2n) is 4.38. The summed E-state index contributed by atoms with van der Waals surface area (Å²) in [5.41, 5.74) is 0.452. The van der Waals surface area contributed by atoms with Crippen molar-refractivity contribution in [3.63, 3.8) is 0 Å². The predicted octanol–water partition coefficient (Wildman–Crippen LogP) is 3.53. The van der Waals surface area contributed by atoms with Gasteiger partial charge >= 0.3 is 7.60 Å². The molecule has 0 unspecified atom stereocenters. The van der Waals surface area contributed by atoms with Gasteiger partial charge in [-0.1, -0.05) is 0 Å². The quantitative estimate of drug-likeness (QED) is 0.652. The minimum Gasteiger partial charge on any atom is -0.468 e. The van der Waals surface area contributed by atoms with E-state index in [0.29, 0.717) is 37.6 Å². The fourth-order valence-corrected chi connectivity index (χ4v) is 3.57. The summed E-state index contributed by atoms with van der Waals surface area (Å²) in [6.07, 6.45) is 1.42. The lowest BCUT2D eigenvalue weighted by Crippen LogP contribution is -2.30. The maximum Gasteiger partial charge on any atom is 0.338 e. The molecule has 0 aliphatic rings. The Bertz CT molecular complexity index is 485. The maximum absolute atomic E-state index is 12.4. The van der Waals surface area contributed by atoms with Crippen molar-refractivity contribution in [1.29, 1.82) is 0 Å². The molecule has 6 nitrogen and oxygen atoms in total. The van der Waals surface area contributed by atoms with Crippen molar-refractivity contribution in [3.8, 4) is 0 Å². The number of hydrogen-bond donors (Lipinski definition) is 0. The van der Waals surface area contributed by atoms with Crippen molar-refractivity contribution in [3.05, 3.63) is 23.7 Å². The summed E-state index contributed by atoms with van der Waals surface area (Å²) in [4.78, 5) is 13.9. The zero-order valence-corrected chi connectivity index (χ0v) is 14.0. The first-order chi connectivity index (χ1) is 9.99. The topological polar surface area (TPSA) is 69.0 Å². The van der Waals surface area contributed by atoms with Crippen LogP contribution in [0.25, 0.3) is 0 Å². The van der Waals surface area contributed by atoms with Crippen LogP contribution in [0.2, 0.25) is 0 Å². The molecule has 1 amide bonds. The molecule has 21 heavy (non-hydrogen) atoms. The summed E-state index contributed by atoms with van der Waals surface area (Å²) >= 11 is 0. The van der Waals surface area contributed by atoms with E-state index < -0.39 is 7.60 Å². The van der Waals surface area contributed by atoms with Crippen LogP contribution in [0.5, 0.6) is 0 Å². The van der Waals surface area contributed by atoms with Gasteiger partial charge in [-0.05, 0) is 33.8 Å². The molecule has 1 rings (SSSR count). The zero-order chi connectivity index (χ0) is 15.9. The highest BCUT2D eigenvalue weighted by Gasteiger charge is 2.27. The van der Waals surface area contributed by atoms with Gasteiger partial charge in [0.25, 0.3) is 5.91 Å². The summed E-state index contributed by atoms with van der Waals surface area (Å²) in [5, 5.41) is 0. The molecule has 0 aromatic carbocycles. The van der Waals surface area contributed by atoms with Crippen LogP contribution in [-0.4, -0.2) is 37.1 Å². The summed E-state index contributed by atoms with van der Waals surface area (Å²) in [5.74, 6) is 0.327. The fourth-order valence-electron chi connectivity index (χ4n) is 1.98. The van der Waals surface area contributed by atoms with Crippen molar-refractivity contribution < 1.29 is 22.8 Å². The number of carbonyl (C=O) groups excluding carboxylic acids is 1. The molecule has 0 atom stereocenters. The molecule has 1 aromatic heterocycles. The van der Waals surface area contributed by atoms with Gasteiger partial charge < -0.3 is 18.4 Å². The third-order valence-corrected chi connectivity index (χ3v) is 4.95. The SMILES string of the molecule is CCOP(=O)(Cc1cc(C(=O)N(CC)CC)co1)OCC. The van der Waals surface area contributed by atoms with E-state index in [-0.39, 0.29) is 12.1 Å². The maximum atomic E-state index is 12.4. The van der Waals surface area contributed by atoms with E-state index in [0.717, 1.165) is 0 Å². The van der Waals surface area contributed by atoms with Crippen LogP contribution >= 0.6 is 7.60 Å². The van der Waals surface area contributed by atoms with Gasteiger partial charge in [-0.2, -0.15) is 0 Å². The summed E-state index contributed by atoms with van der Waals surface area (Å²) < 4.78 is 28.2. The summed E-state index contributed by atoms with van der Waals surface area (Å²) in [7, 11) is -3.21. The normalized spacial score (nSPS) is 11.6. The van der Waals surface area contributed by atoms with Crippen LogP contribution in [0.15, 0.2) is 16.7 Å². The second-order valence-corrected chi connectivity index (χ2v) is 6.44. The van der Waals surface area contributed by atoms with E-state index >= 15 is 0 Å². The Morgan fingerprint density at radius 3 is 2.24 bits per heavy atom. The van der Waals surface area contributed by atoms with Gasteiger partial charge in [0.05, 0.1) is 18.8 Å². The van der Waals surface area contributed by atoms with E-state index in [1.807, 2.05) is 13.8 Å². The lowest BCUT2D eigenvalue weighted by atomic mass is 10.2. The highest BCUT2D eigenvalue weighted by atomic mass is 31.2. The summed E-state index contributed by atoms with van der Waals surface area (Å²) in [6.45, 7) is 9.19. The van der Waals surface area contributed by atoms with Gasteiger partial charge in [-0.3, -0.25) is 9.36 Å². The van der Waals surface area contributed by atoms with Gasteiger partial charge in [0.15, 0.2) is 0 Å². The monoisotopic (exact) mass is 317 g/mol. The third kappa shape index (κ3) is 4.99. The smallest absolute Gasteiger partial charge is 0.338 e. The Morgan fingerprint density at radius 2 is 1.76 bits per heavy atom. The van der Waals surface area contributed by atoms with Gasteiger partial charge in [0.2, 0.25) is 0 Å². The molecular formula is C14H24NO5P. The molecule has 0 N–H and O–H groups in total. The first-order valence-corrected chi connectivity index (χ1v) is 8.97. The molecule has 0 aliphatic heterocycles. The molecule has 0 aliphatic carbocycles. The first-order valence-electron chi connectivity index (χ1n) is 7.24. The Morgan fingerprint density at radius 1 is 1.19 bits per heavy atom. The average Bonchev–Trinajstić information content (AvgIpc) is 2.88. The molecular weight excluding hydrogens is 293 g/mol. The number of furan rings is 1. The van der Waals surface area contributed by atoms with Crippen molar-refractivity contribution in [2.75, 3.05) is 26.3 Å². The van der Waals surface area contributed by atoms with Crippen LogP contribution in [0, 0.1) is 0 Å². The zero-order valence-electron chi connectivity index (χ0n) is 13.1. The van der Waals surface area contributed by atoms with Gasteiger partial charge in [-0.25, -0.2) is 0 Å². The van der Waals surface area contributed by atoms with E-state index in [4.69, 9.17) is 13.5 Å². The Labute approximate surface area is 125 Å². The van der Waals surface area contributed by atoms with Crippen LogP contribution in [-0.2, 0) is 19.8 Å². The molecule has 0 fully saturated rings. The Hall–Kier alpha value is -1.10. The van der Waals surface area contributed by atoms with Crippen LogP contribution in [0.3, 0.4) is 0 Å². The van der Waals surface area contributed by atoms with E-state index in [1.54, 1.807) is 24.8 Å². The first kappa shape index (κ1) is 18.0. The molecule has 0 saturated carbocycles. The third-order valence-electron chi connectivity index (χ3n) is 2.95. The van der Waals surface area contributed by atoms with Gasteiger partial charge in [-0.15, -0.1) is 0 Å². The standard InChI is InChI=1S/C14H24NO5P/c1-5-15(6-2)14(16)12-9-13(18-10-12)11-21(17,19-7-3)20-8-4/h9-10H,5-8,11H2,1-4H3. The number of carbonyl (C=O) groups is 1. The lowest BCUT2D eigenvalue weighted by Gasteiger charge is -2.17. The van der Waals surface area contributed by atoms with E-state index in [1.165, 1.54) is 6.26 Å². The molecule has 0 spiro atoms. The number of amides is 1. The largest absolute Gasteiger partial charge is 0.468 e. The average molecular weight is 317 g/mol. The molecule has 0 radical (unpaired) electrons. The highest BCUT2D eigenvalue weighted by molar-refractivity contribution is 7.53. The molecule has 0 saturated heterocycles. The van der Waals surface area contributed by atoms with E-state index in [2.05, 4.69) is 0 Å². The van der Waals surface area contributed by atoms with Crippen molar-refractivity contribution in [2.45, 2.75) is 33.9 Å². The van der Waals surface area contributed by atoms with Crippen molar-refractivity contribution in [1.82, 2.24) is 4.90 Å². The Balaban J connectivity index is 2.83. The number of hydrogen-bond acceptors (Lipinski definition) is 5. The minimum absolute atomic E-state index is 0.0280. The lowest BCUT2D eigenvalue weighted by molar-refractivity contribution is 0.0772. The fraction of sp³-hybridized carbons (Fsp3) is 0.643. The van der Waals surface area contributed by atoms with Crippen molar-refractivity contribution in [2.24, 2.45) is 0 Å². The predicted molar refractivity (Wildman–Crippen MR) is 80.5 cm³/mol. The number of rotatable bonds is 9. The molecule has 0 bridgehead atoms. The van der Waals surface area contributed by atoms with Crippen LogP contribution in [0.4, 0.5) is 0 Å².